The normalized spacial score (nSPS) is 27.5. The van der Waals surface area contributed by atoms with Crippen molar-refractivity contribution in [3.8, 4) is 0 Å². The molecule has 0 aliphatic heterocycles. The molecule has 0 radical (unpaired) electrons. The SMILES string of the molecule is CC1=CCCC(C)(C)C1C=CC(C)C=O. The topological polar surface area (TPSA) is 17.1 Å². The van der Waals surface area contributed by atoms with E-state index in [-0.39, 0.29) is 5.92 Å². The van der Waals surface area contributed by atoms with E-state index in [1.54, 1.807) is 0 Å². The second-order valence-corrected chi connectivity index (χ2v) is 5.33. The third-order valence-electron chi connectivity index (χ3n) is 3.41. The maximum atomic E-state index is 10.6. The molecular formula is C14H22O. The number of allylic oxidation sites excluding steroid dienone is 4. The Hall–Kier alpha value is -0.850. The summed E-state index contributed by atoms with van der Waals surface area (Å²) in [6, 6.07) is 0. The molecule has 0 saturated carbocycles. The van der Waals surface area contributed by atoms with E-state index >= 15 is 0 Å². The standard InChI is InChI=1S/C14H22O/c1-11(10-15)7-8-13-12(2)6-5-9-14(13,3)4/h6-8,10-11,13H,5,9H2,1-4H3. The van der Waals surface area contributed by atoms with Crippen LogP contribution in [0.4, 0.5) is 0 Å². The molecule has 0 saturated heterocycles. The molecule has 1 aliphatic carbocycles. The number of carbonyl (C=O) groups is 1. The molecule has 0 spiro atoms. The van der Waals surface area contributed by atoms with Gasteiger partial charge in [0.05, 0.1) is 0 Å². The first kappa shape index (κ1) is 12.2. The van der Waals surface area contributed by atoms with Crippen LogP contribution in [0.3, 0.4) is 0 Å². The van der Waals surface area contributed by atoms with Gasteiger partial charge in [-0.15, -0.1) is 0 Å². The molecule has 0 heterocycles. The molecule has 1 rings (SSSR count). The van der Waals surface area contributed by atoms with Gasteiger partial charge in [-0.3, -0.25) is 0 Å². The maximum Gasteiger partial charge on any atom is 0.126 e. The minimum absolute atomic E-state index is 0.0375. The first-order valence-electron chi connectivity index (χ1n) is 5.77. The Morgan fingerprint density at radius 2 is 2.20 bits per heavy atom. The molecule has 84 valence electrons. The average Bonchev–Trinajstić information content (AvgIpc) is 2.15. The van der Waals surface area contributed by atoms with E-state index in [1.165, 1.54) is 18.4 Å². The van der Waals surface area contributed by atoms with Crippen molar-refractivity contribution in [3.63, 3.8) is 0 Å². The monoisotopic (exact) mass is 206 g/mol. The average molecular weight is 206 g/mol. The molecule has 15 heavy (non-hydrogen) atoms. The van der Waals surface area contributed by atoms with Crippen molar-refractivity contribution in [2.45, 2.75) is 40.5 Å². The molecule has 0 amide bonds. The van der Waals surface area contributed by atoms with Crippen LogP contribution in [-0.2, 0) is 4.79 Å². The third kappa shape index (κ3) is 3.05. The lowest BCUT2D eigenvalue weighted by Crippen LogP contribution is -2.26. The van der Waals surface area contributed by atoms with Crippen molar-refractivity contribution in [1.29, 1.82) is 0 Å². The highest BCUT2D eigenvalue weighted by molar-refractivity contribution is 5.55. The van der Waals surface area contributed by atoms with Gasteiger partial charge in [0.1, 0.15) is 6.29 Å². The number of aldehydes is 1. The predicted octanol–water partition coefficient (Wildman–Crippen LogP) is 3.76. The van der Waals surface area contributed by atoms with Crippen molar-refractivity contribution in [3.05, 3.63) is 23.8 Å². The van der Waals surface area contributed by atoms with Crippen LogP contribution in [0.25, 0.3) is 0 Å². The highest BCUT2D eigenvalue weighted by atomic mass is 16.1. The van der Waals surface area contributed by atoms with E-state index in [9.17, 15) is 4.79 Å². The fourth-order valence-electron chi connectivity index (χ4n) is 2.31. The van der Waals surface area contributed by atoms with Gasteiger partial charge in [-0.05, 0) is 25.2 Å². The minimum Gasteiger partial charge on any atom is -0.303 e. The Morgan fingerprint density at radius 1 is 1.53 bits per heavy atom. The van der Waals surface area contributed by atoms with Crippen LogP contribution in [0.2, 0.25) is 0 Å². The Morgan fingerprint density at radius 3 is 2.73 bits per heavy atom. The molecule has 0 N–H and O–H groups in total. The van der Waals surface area contributed by atoms with E-state index in [0.29, 0.717) is 11.3 Å². The number of hydrogen-bond donors (Lipinski definition) is 0. The molecule has 0 bridgehead atoms. The summed E-state index contributed by atoms with van der Waals surface area (Å²) in [6.07, 6.45) is 9.98. The largest absolute Gasteiger partial charge is 0.303 e. The third-order valence-corrected chi connectivity index (χ3v) is 3.41. The lowest BCUT2D eigenvalue weighted by molar-refractivity contribution is -0.109. The zero-order chi connectivity index (χ0) is 11.5. The Bertz CT molecular complexity index is 284. The van der Waals surface area contributed by atoms with Crippen molar-refractivity contribution >= 4 is 6.29 Å². The van der Waals surface area contributed by atoms with Crippen LogP contribution in [-0.4, -0.2) is 6.29 Å². The molecule has 0 fully saturated rings. The first-order valence-corrected chi connectivity index (χ1v) is 5.77. The molecule has 2 unspecified atom stereocenters. The van der Waals surface area contributed by atoms with Gasteiger partial charge in [0.15, 0.2) is 0 Å². The predicted molar refractivity (Wildman–Crippen MR) is 64.6 cm³/mol. The molecule has 0 aromatic carbocycles. The van der Waals surface area contributed by atoms with Crippen LogP contribution >= 0.6 is 0 Å². The lowest BCUT2D eigenvalue weighted by Gasteiger charge is -2.36. The molecule has 1 nitrogen and oxygen atoms in total. The Labute approximate surface area is 93.3 Å². The van der Waals surface area contributed by atoms with E-state index in [0.717, 1.165) is 6.29 Å². The molecule has 0 aromatic rings. The summed E-state index contributed by atoms with van der Waals surface area (Å²) < 4.78 is 0. The summed E-state index contributed by atoms with van der Waals surface area (Å²) in [5, 5.41) is 0. The summed E-state index contributed by atoms with van der Waals surface area (Å²) in [5.41, 5.74) is 1.78. The van der Waals surface area contributed by atoms with Gasteiger partial charge in [-0.25, -0.2) is 0 Å². The smallest absolute Gasteiger partial charge is 0.126 e. The van der Waals surface area contributed by atoms with E-state index < -0.39 is 0 Å². The maximum absolute atomic E-state index is 10.6. The van der Waals surface area contributed by atoms with Crippen LogP contribution in [0.5, 0.6) is 0 Å². The van der Waals surface area contributed by atoms with Gasteiger partial charge < -0.3 is 4.79 Å². The van der Waals surface area contributed by atoms with Crippen molar-refractivity contribution in [1.82, 2.24) is 0 Å². The minimum atomic E-state index is 0.0375. The summed E-state index contributed by atoms with van der Waals surface area (Å²) >= 11 is 0. The zero-order valence-electron chi connectivity index (χ0n) is 10.3. The molecule has 0 aromatic heterocycles. The van der Waals surface area contributed by atoms with Gasteiger partial charge in [-0.2, -0.15) is 0 Å². The Kier molecular flexibility index (Phi) is 3.90. The van der Waals surface area contributed by atoms with Crippen molar-refractivity contribution in [2.75, 3.05) is 0 Å². The number of hydrogen-bond acceptors (Lipinski definition) is 1. The second kappa shape index (κ2) is 4.78. The summed E-state index contributed by atoms with van der Waals surface area (Å²) in [4.78, 5) is 10.6. The lowest BCUT2D eigenvalue weighted by atomic mass is 9.68. The summed E-state index contributed by atoms with van der Waals surface area (Å²) in [7, 11) is 0. The van der Waals surface area contributed by atoms with Crippen LogP contribution in [0.15, 0.2) is 23.8 Å². The summed E-state index contributed by atoms with van der Waals surface area (Å²) in [5.74, 6) is 0.532. The highest BCUT2D eigenvalue weighted by Gasteiger charge is 2.30. The summed E-state index contributed by atoms with van der Waals surface area (Å²) in [6.45, 7) is 8.74. The molecular weight excluding hydrogens is 184 g/mol. The quantitative estimate of drug-likeness (QED) is 0.507. The number of rotatable bonds is 3. The number of carbonyl (C=O) groups excluding carboxylic acids is 1. The van der Waals surface area contributed by atoms with Gasteiger partial charge in [0, 0.05) is 11.8 Å². The van der Waals surface area contributed by atoms with Gasteiger partial charge in [0.2, 0.25) is 0 Å². The van der Waals surface area contributed by atoms with Crippen LogP contribution in [0.1, 0.15) is 40.5 Å². The van der Waals surface area contributed by atoms with E-state index in [1.807, 2.05) is 13.0 Å². The van der Waals surface area contributed by atoms with E-state index in [2.05, 4.69) is 32.9 Å². The van der Waals surface area contributed by atoms with Crippen LogP contribution in [0, 0.1) is 17.3 Å². The zero-order valence-corrected chi connectivity index (χ0v) is 10.3. The fraction of sp³-hybridized carbons (Fsp3) is 0.643. The van der Waals surface area contributed by atoms with Crippen molar-refractivity contribution < 1.29 is 4.79 Å². The molecule has 2 atom stereocenters. The second-order valence-electron chi connectivity index (χ2n) is 5.33. The molecule has 1 aliphatic rings. The highest BCUT2D eigenvalue weighted by Crippen LogP contribution is 2.41. The molecule has 1 heteroatoms. The first-order chi connectivity index (χ1) is 6.97. The van der Waals surface area contributed by atoms with Crippen molar-refractivity contribution in [2.24, 2.45) is 17.3 Å². The fourth-order valence-corrected chi connectivity index (χ4v) is 2.31. The van der Waals surface area contributed by atoms with Gasteiger partial charge in [0.25, 0.3) is 0 Å². The van der Waals surface area contributed by atoms with Crippen LogP contribution < -0.4 is 0 Å². The van der Waals surface area contributed by atoms with Gasteiger partial charge in [-0.1, -0.05) is 44.6 Å². The van der Waals surface area contributed by atoms with Gasteiger partial charge >= 0.3 is 0 Å². The van der Waals surface area contributed by atoms with E-state index in [4.69, 9.17) is 0 Å². The Balaban J connectivity index is 2.81.